The van der Waals surface area contributed by atoms with E-state index in [1.54, 1.807) is 16.4 Å². The summed E-state index contributed by atoms with van der Waals surface area (Å²) < 4.78 is 27.1. The second kappa shape index (κ2) is 8.08. The smallest absolute Gasteiger partial charge is 0.243 e. The van der Waals surface area contributed by atoms with Crippen LogP contribution in [-0.2, 0) is 10.0 Å². The summed E-state index contributed by atoms with van der Waals surface area (Å²) >= 11 is 5.24. The number of aryl methyl sites for hydroxylation is 1. The fourth-order valence-electron chi connectivity index (χ4n) is 2.56. The number of hydrogen-bond acceptors (Lipinski definition) is 3. The summed E-state index contributed by atoms with van der Waals surface area (Å²) in [5.74, 6) is 0. The summed E-state index contributed by atoms with van der Waals surface area (Å²) in [5, 5.41) is 6.70. The molecule has 2 N–H and O–H groups in total. The van der Waals surface area contributed by atoms with Crippen molar-refractivity contribution in [1.29, 1.82) is 0 Å². The largest absolute Gasteiger partial charge is 0.362 e. The van der Waals surface area contributed by atoms with Gasteiger partial charge in [0.1, 0.15) is 0 Å². The van der Waals surface area contributed by atoms with Crippen molar-refractivity contribution in [3.8, 4) is 0 Å². The molecule has 0 atom stereocenters. The van der Waals surface area contributed by atoms with Crippen LogP contribution in [0.15, 0.2) is 23.1 Å². The van der Waals surface area contributed by atoms with Crippen molar-refractivity contribution in [3.05, 3.63) is 23.8 Å². The van der Waals surface area contributed by atoms with Crippen molar-refractivity contribution in [1.82, 2.24) is 9.62 Å². The molecule has 1 saturated heterocycles. The third kappa shape index (κ3) is 4.65. The molecule has 0 unspecified atom stereocenters. The molecule has 1 aliphatic rings. The number of rotatable bonds is 5. The quantitative estimate of drug-likeness (QED) is 0.795. The highest BCUT2D eigenvalue weighted by molar-refractivity contribution is 7.89. The molecule has 1 aliphatic heterocycles. The summed E-state index contributed by atoms with van der Waals surface area (Å²) in [6.07, 6.45) is 3.94. The zero-order valence-electron chi connectivity index (χ0n) is 13.8. The summed E-state index contributed by atoms with van der Waals surface area (Å²) in [4.78, 5) is 0.325. The Kier molecular flexibility index (Phi) is 6.38. The van der Waals surface area contributed by atoms with Crippen LogP contribution in [0.2, 0.25) is 0 Å². The third-order valence-electron chi connectivity index (χ3n) is 3.95. The van der Waals surface area contributed by atoms with Crippen LogP contribution in [0.3, 0.4) is 0 Å². The molecule has 1 fully saturated rings. The molecule has 7 heteroatoms. The Balaban J connectivity index is 2.20. The lowest BCUT2D eigenvalue weighted by molar-refractivity contribution is 0.346. The lowest BCUT2D eigenvalue weighted by atomic mass is 10.2. The highest BCUT2D eigenvalue weighted by Gasteiger charge is 2.26. The first-order valence-electron chi connectivity index (χ1n) is 8.11. The van der Waals surface area contributed by atoms with Gasteiger partial charge in [-0.05, 0) is 56.1 Å². The molecule has 0 aliphatic carbocycles. The molecular weight excluding hydrogens is 330 g/mol. The predicted octanol–water partition coefficient (Wildman–Crippen LogP) is 2.87. The molecule has 1 heterocycles. The van der Waals surface area contributed by atoms with Gasteiger partial charge in [-0.25, -0.2) is 8.42 Å². The van der Waals surface area contributed by atoms with Crippen molar-refractivity contribution < 1.29 is 8.42 Å². The Bertz CT molecular complexity index is 653. The van der Waals surface area contributed by atoms with Gasteiger partial charge in [-0.2, -0.15) is 4.31 Å². The molecule has 0 radical (unpaired) electrons. The van der Waals surface area contributed by atoms with Gasteiger partial charge in [0.15, 0.2) is 5.11 Å². The van der Waals surface area contributed by atoms with E-state index in [1.807, 2.05) is 13.0 Å². The van der Waals surface area contributed by atoms with Crippen molar-refractivity contribution >= 4 is 33.0 Å². The molecule has 0 bridgehead atoms. The Morgan fingerprint density at radius 2 is 1.96 bits per heavy atom. The summed E-state index contributed by atoms with van der Waals surface area (Å²) in [7, 11) is -3.42. The van der Waals surface area contributed by atoms with Gasteiger partial charge >= 0.3 is 0 Å². The number of nitrogens with one attached hydrogen (secondary N) is 2. The van der Waals surface area contributed by atoms with Gasteiger partial charge in [-0.1, -0.05) is 19.4 Å². The van der Waals surface area contributed by atoms with Crippen LogP contribution < -0.4 is 10.6 Å². The van der Waals surface area contributed by atoms with Gasteiger partial charge in [0.05, 0.1) is 4.90 Å². The summed E-state index contributed by atoms with van der Waals surface area (Å²) in [6, 6.07) is 5.17. The van der Waals surface area contributed by atoms with Crippen LogP contribution in [0, 0.1) is 6.92 Å². The lowest BCUT2D eigenvalue weighted by Crippen LogP contribution is -2.35. The molecule has 2 rings (SSSR count). The number of anilines is 1. The third-order valence-corrected chi connectivity index (χ3v) is 6.09. The topological polar surface area (TPSA) is 61.4 Å². The minimum atomic E-state index is -3.42. The van der Waals surface area contributed by atoms with Crippen molar-refractivity contribution in [3.63, 3.8) is 0 Å². The second-order valence-corrected chi connectivity index (χ2v) is 8.17. The van der Waals surface area contributed by atoms with Gasteiger partial charge in [-0.15, -0.1) is 0 Å². The van der Waals surface area contributed by atoms with Crippen molar-refractivity contribution in [2.75, 3.05) is 25.0 Å². The maximum atomic E-state index is 12.8. The number of benzene rings is 1. The normalized spacial score (nSPS) is 16.1. The molecule has 0 saturated carbocycles. The van der Waals surface area contributed by atoms with Gasteiger partial charge in [0.2, 0.25) is 10.0 Å². The number of hydrogen-bond donors (Lipinski definition) is 2. The van der Waals surface area contributed by atoms with Crippen LogP contribution in [-0.4, -0.2) is 37.5 Å². The Morgan fingerprint density at radius 3 is 2.61 bits per heavy atom. The van der Waals surface area contributed by atoms with E-state index in [1.165, 1.54) is 0 Å². The monoisotopic (exact) mass is 355 g/mol. The van der Waals surface area contributed by atoms with E-state index in [-0.39, 0.29) is 0 Å². The van der Waals surface area contributed by atoms with Crippen LogP contribution in [0.5, 0.6) is 0 Å². The van der Waals surface area contributed by atoms with Crippen LogP contribution >= 0.6 is 12.2 Å². The Morgan fingerprint density at radius 1 is 1.26 bits per heavy atom. The van der Waals surface area contributed by atoms with E-state index in [2.05, 4.69) is 17.6 Å². The van der Waals surface area contributed by atoms with E-state index >= 15 is 0 Å². The molecule has 5 nitrogen and oxygen atoms in total. The molecule has 1 aromatic carbocycles. The fourth-order valence-corrected chi connectivity index (χ4v) is 4.31. The van der Waals surface area contributed by atoms with E-state index in [0.717, 1.165) is 43.5 Å². The highest BCUT2D eigenvalue weighted by atomic mass is 32.2. The highest BCUT2D eigenvalue weighted by Crippen LogP contribution is 2.25. The van der Waals surface area contributed by atoms with E-state index in [4.69, 9.17) is 12.2 Å². The summed E-state index contributed by atoms with van der Waals surface area (Å²) in [5.41, 5.74) is 1.69. The first-order chi connectivity index (χ1) is 10.9. The van der Waals surface area contributed by atoms with E-state index < -0.39 is 10.0 Å². The molecule has 128 valence electrons. The van der Waals surface area contributed by atoms with Crippen LogP contribution in [0.25, 0.3) is 0 Å². The zero-order chi connectivity index (χ0) is 16.9. The molecule has 1 aromatic rings. The minimum absolute atomic E-state index is 0.325. The number of sulfonamides is 1. The fraction of sp³-hybridized carbons (Fsp3) is 0.562. The predicted molar refractivity (Wildman–Crippen MR) is 98.3 cm³/mol. The first kappa shape index (κ1) is 18.2. The lowest BCUT2D eigenvalue weighted by Gasteiger charge is -2.26. The van der Waals surface area contributed by atoms with Gasteiger partial charge in [-0.3, -0.25) is 0 Å². The summed E-state index contributed by atoms with van der Waals surface area (Å²) in [6.45, 7) is 6.00. The standard InChI is InChI=1S/C16H25N3O2S2/c1-3-9-17-16(22)18-15-12-14(8-7-13(15)2)23(20,21)19-10-5-4-6-11-19/h7-8,12H,3-6,9-11H2,1-2H3,(H2,17,18,22). The maximum Gasteiger partial charge on any atom is 0.243 e. The maximum absolute atomic E-state index is 12.8. The molecular formula is C16H25N3O2S2. The average molecular weight is 356 g/mol. The Hall–Kier alpha value is -1.18. The zero-order valence-corrected chi connectivity index (χ0v) is 15.4. The minimum Gasteiger partial charge on any atom is -0.362 e. The number of nitrogens with zero attached hydrogens (tertiary/aromatic N) is 1. The van der Waals surface area contributed by atoms with E-state index in [0.29, 0.717) is 23.1 Å². The molecule has 23 heavy (non-hydrogen) atoms. The van der Waals surface area contributed by atoms with Gasteiger partial charge < -0.3 is 10.6 Å². The van der Waals surface area contributed by atoms with Crippen LogP contribution in [0.4, 0.5) is 5.69 Å². The number of piperidine rings is 1. The Labute approximate surface area is 144 Å². The SMILES string of the molecule is CCCNC(=S)Nc1cc(S(=O)(=O)N2CCCCC2)ccc1C. The molecule has 0 aromatic heterocycles. The molecule has 0 spiro atoms. The van der Waals surface area contributed by atoms with Gasteiger partial charge in [0.25, 0.3) is 0 Å². The average Bonchev–Trinajstić information content (AvgIpc) is 2.55. The van der Waals surface area contributed by atoms with Gasteiger partial charge in [0, 0.05) is 25.3 Å². The van der Waals surface area contributed by atoms with Crippen LogP contribution in [0.1, 0.15) is 38.2 Å². The van der Waals surface area contributed by atoms with Crippen molar-refractivity contribution in [2.24, 2.45) is 0 Å². The second-order valence-electron chi connectivity index (χ2n) is 5.82. The van der Waals surface area contributed by atoms with E-state index in [9.17, 15) is 8.42 Å². The number of thiocarbonyl (C=S) groups is 1. The van der Waals surface area contributed by atoms with Crippen molar-refractivity contribution in [2.45, 2.75) is 44.4 Å². The first-order valence-corrected chi connectivity index (χ1v) is 9.95. The molecule has 0 amide bonds.